The van der Waals surface area contributed by atoms with Crippen LogP contribution in [0, 0.1) is 11.6 Å². The number of nitrogens with zero attached hydrogens (tertiary/aromatic N) is 1. The van der Waals surface area contributed by atoms with Gasteiger partial charge in [0, 0.05) is 13.1 Å². The summed E-state index contributed by atoms with van der Waals surface area (Å²) in [5.74, 6) is -1.67. The minimum absolute atomic E-state index is 0.113. The van der Waals surface area contributed by atoms with Gasteiger partial charge < -0.3 is 10.5 Å². The molecular formula is C13H18F2N2O. The molecule has 0 aromatic heterocycles. The Balaban J connectivity index is 1.92. The van der Waals surface area contributed by atoms with Crippen molar-refractivity contribution in [2.45, 2.75) is 19.4 Å². The fourth-order valence-electron chi connectivity index (χ4n) is 2.15. The number of halogens is 2. The van der Waals surface area contributed by atoms with Crippen molar-refractivity contribution >= 4 is 0 Å². The highest BCUT2D eigenvalue weighted by Crippen LogP contribution is 2.23. The lowest BCUT2D eigenvalue weighted by molar-refractivity contribution is 0.223. The van der Waals surface area contributed by atoms with Crippen LogP contribution < -0.4 is 10.5 Å². The molecule has 0 unspecified atom stereocenters. The summed E-state index contributed by atoms with van der Waals surface area (Å²) in [5, 5.41) is 0. The molecule has 0 radical (unpaired) electrons. The van der Waals surface area contributed by atoms with Crippen LogP contribution in [-0.4, -0.2) is 31.1 Å². The molecular weight excluding hydrogens is 238 g/mol. The molecule has 1 aromatic rings. The van der Waals surface area contributed by atoms with Crippen molar-refractivity contribution in [3.05, 3.63) is 29.3 Å². The van der Waals surface area contributed by atoms with E-state index in [2.05, 4.69) is 4.90 Å². The van der Waals surface area contributed by atoms with Crippen LogP contribution in [0.2, 0.25) is 0 Å². The Kier molecular flexibility index (Phi) is 4.49. The number of hydrogen-bond donors (Lipinski definition) is 1. The van der Waals surface area contributed by atoms with E-state index in [-0.39, 0.29) is 12.3 Å². The monoisotopic (exact) mass is 256 g/mol. The van der Waals surface area contributed by atoms with Gasteiger partial charge in [0.25, 0.3) is 0 Å². The molecule has 1 fully saturated rings. The van der Waals surface area contributed by atoms with Crippen LogP contribution in [0.5, 0.6) is 5.75 Å². The lowest BCUT2D eigenvalue weighted by Gasteiger charge is -2.15. The van der Waals surface area contributed by atoms with Crippen molar-refractivity contribution in [2.75, 3.05) is 26.2 Å². The van der Waals surface area contributed by atoms with Crippen LogP contribution in [0.4, 0.5) is 8.78 Å². The smallest absolute Gasteiger partial charge is 0.190 e. The van der Waals surface area contributed by atoms with E-state index < -0.39 is 11.6 Å². The number of benzene rings is 1. The first-order chi connectivity index (χ1) is 8.70. The molecule has 1 aliphatic rings. The van der Waals surface area contributed by atoms with Gasteiger partial charge in [-0.1, -0.05) is 0 Å². The molecule has 18 heavy (non-hydrogen) atoms. The highest BCUT2D eigenvalue weighted by atomic mass is 19.1. The van der Waals surface area contributed by atoms with E-state index in [4.69, 9.17) is 10.5 Å². The van der Waals surface area contributed by atoms with Gasteiger partial charge in [-0.3, -0.25) is 4.90 Å². The maximum atomic E-state index is 13.6. The zero-order chi connectivity index (χ0) is 13.0. The first-order valence-corrected chi connectivity index (χ1v) is 6.24. The quantitative estimate of drug-likeness (QED) is 0.874. The molecule has 1 saturated heterocycles. The maximum absolute atomic E-state index is 13.6. The molecule has 1 aromatic carbocycles. The minimum atomic E-state index is -0.683. The van der Waals surface area contributed by atoms with Crippen molar-refractivity contribution in [3.63, 3.8) is 0 Å². The summed E-state index contributed by atoms with van der Waals surface area (Å²) in [6.07, 6.45) is 2.38. The van der Waals surface area contributed by atoms with Crippen LogP contribution in [0.25, 0.3) is 0 Å². The second-order valence-corrected chi connectivity index (χ2v) is 4.49. The number of hydrogen-bond acceptors (Lipinski definition) is 3. The number of rotatable bonds is 5. The molecule has 0 amide bonds. The molecule has 1 aliphatic heterocycles. The van der Waals surface area contributed by atoms with Gasteiger partial charge in [0.1, 0.15) is 6.61 Å². The summed E-state index contributed by atoms with van der Waals surface area (Å²) in [5.41, 5.74) is 5.77. The van der Waals surface area contributed by atoms with Gasteiger partial charge in [0.2, 0.25) is 0 Å². The van der Waals surface area contributed by atoms with Gasteiger partial charge in [-0.15, -0.1) is 0 Å². The van der Waals surface area contributed by atoms with Crippen LogP contribution in [0.3, 0.4) is 0 Å². The second-order valence-electron chi connectivity index (χ2n) is 4.49. The standard InChI is InChI=1S/C13H18F2N2O/c14-11-7-10(9-16)8-12(15)13(11)18-6-5-17-3-1-2-4-17/h7-8H,1-6,9,16H2. The summed E-state index contributed by atoms with van der Waals surface area (Å²) in [6.45, 7) is 3.20. The van der Waals surface area contributed by atoms with E-state index in [1.54, 1.807) is 0 Å². The van der Waals surface area contributed by atoms with Crippen molar-refractivity contribution in [3.8, 4) is 5.75 Å². The van der Waals surface area contributed by atoms with Crippen molar-refractivity contribution in [1.82, 2.24) is 4.90 Å². The Morgan fingerprint density at radius 3 is 2.33 bits per heavy atom. The third-order valence-corrected chi connectivity index (χ3v) is 3.15. The van der Waals surface area contributed by atoms with Crippen molar-refractivity contribution < 1.29 is 13.5 Å². The molecule has 0 aliphatic carbocycles. The molecule has 1 heterocycles. The largest absolute Gasteiger partial charge is 0.486 e. The lowest BCUT2D eigenvalue weighted by atomic mass is 10.2. The topological polar surface area (TPSA) is 38.5 Å². The Hall–Kier alpha value is -1.20. The van der Waals surface area contributed by atoms with E-state index in [1.807, 2.05) is 0 Å². The first-order valence-electron chi connectivity index (χ1n) is 6.24. The Bertz CT molecular complexity index is 383. The van der Waals surface area contributed by atoms with Gasteiger partial charge in [-0.05, 0) is 43.6 Å². The summed E-state index contributed by atoms with van der Waals surface area (Å²) in [4.78, 5) is 2.23. The van der Waals surface area contributed by atoms with Crippen LogP contribution in [0.1, 0.15) is 18.4 Å². The van der Waals surface area contributed by atoms with Crippen LogP contribution >= 0.6 is 0 Å². The van der Waals surface area contributed by atoms with E-state index in [1.165, 1.54) is 25.0 Å². The van der Waals surface area contributed by atoms with Gasteiger partial charge in [-0.25, -0.2) is 8.78 Å². The molecule has 5 heteroatoms. The zero-order valence-electron chi connectivity index (χ0n) is 10.3. The number of likely N-dealkylation sites (tertiary alicyclic amines) is 1. The molecule has 2 N–H and O–H groups in total. The van der Waals surface area contributed by atoms with E-state index in [0.717, 1.165) is 13.1 Å². The molecule has 0 bridgehead atoms. The van der Waals surface area contributed by atoms with Gasteiger partial charge in [0.05, 0.1) is 0 Å². The highest BCUT2D eigenvalue weighted by molar-refractivity contribution is 5.31. The first kappa shape index (κ1) is 13.2. The van der Waals surface area contributed by atoms with E-state index in [9.17, 15) is 8.78 Å². The summed E-state index contributed by atoms with van der Waals surface area (Å²) in [7, 11) is 0. The molecule has 100 valence electrons. The lowest BCUT2D eigenvalue weighted by Crippen LogP contribution is -2.25. The maximum Gasteiger partial charge on any atom is 0.190 e. The average Bonchev–Trinajstić information content (AvgIpc) is 2.85. The molecule has 0 saturated carbocycles. The second kappa shape index (κ2) is 6.11. The van der Waals surface area contributed by atoms with Crippen molar-refractivity contribution in [2.24, 2.45) is 5.73 Å². The van der Waals surface area contributed by atoms with Gasteiger partial charge in [0.15, 0.2) is 17.4 Å². The van der Waals surface area contributed by atoms with E-state index in [0.29, 0.717) is 18.7 Å². The third-order valence-electron chi connectivity index (χ3n) is 3.15. The minimum Gasteiger partial charge on any atom is -0.486 e. The molecule has 0 spiro atoms. The number of nitrogens with two attached hydrogens (primary N) is 1. The molecule has 0 atom stereocenters. The Morgan fingerprint density at radius 2 is 1.78 bits per heavy atom. The summed E-state index contributed by atoms with van der Waals surface area (Å²) in [6, 6.07) is 2.43. The predicted molar refractivity (Wildman–Crippen MR) is 65.4 cm³/mol. The molecule has 2 rings (SSSR count). The Labute approximate surface area is 106 Å². The fourth-order valence-corrected chi connectivity index (χ4v) is 2.15. The Morgan fingerprint density at radius 1 is 1.17 bits per heavy atom. The zero-order valence-corrected chi connectivity index (χ0v) is 10.3. The normalized spacial score (nSPS) is 16.2. The van der Waals surface area contributed by atoms with Crippen LogP contribution in [0.15, 0.2) is 12.1 Å². The fraction of sp³-hybridized carbons (Fsp3) is 0.538. The molecule has 3 nitrogen and oxygen atoms in total. The SMILES string of the molecule is NCc1cc(F)c(OCCN2CCCC2)c(F)c1. The van der Waals surface area contributed by atoms with Gasteiger partial charge in [-0.2, -0.15) is 0 Å². The average molecular weight is 256 g/mol. The van der Waals surface area contributed by atoms with Crippen LogP contribution in [-0.2, 0) is 6.54 Å². The highest BCUT2D eigenvalue weighted by Gasteiger charge is 2.14. The number of ether oxygens (including phenoxy) is 1. The van der Waals surface area contributed by atoms with E-state index >= 15 is 0 Å². The van der Waals surface area contributed by atoms with Crippen molar-refractivity contribution in [1.29, 1.82) is 0 Å². The predicted octanol–water partition coefficient (Wildman–Crippen LogP) is 1.90. The third kappa shape index (κ3) is 3.17. The summed E-state index contributed by atoms with van der Waals surface area (Å²) >= 11 is 0. The summed E-state index contributed by atoms with van der Waals surface area (Å²) < 4.78 is 32.3. The van der Waals surface area contributed by atoms with Gasteiger partial charge >= 0.3 is 0 Å².